The Balaban J connectivity index is 3.78. The fourth-order valence-corrected chi connectivity index (χ4v) is 0.700. The molecular formula is C7H17N5O. The van der Waals surface area contributed by atoms with Crippen LogP contribution in [0.3, 0.4) is 0 Å². The van der Waals surface area contributed by atoms with Gasteiger partial charge in [-0.2, -0.15) is 4.99 Å². The van der Waals surface area contributed by atoms with Gasteiger partial charge in [0.1, 0.15) is 0 Å². The zero-order valence-corrected chi connectivity index (χ0v) is 7.77. The Morgan fingerprint density at radius 2 is 2.00 bits per heavy atom. The van der Waals surface area contributed by atoms with E-state index in [0.29, 0.717) is 19.4 Å². The third kappa shape index (κ3) is 7.07. The van der Waals surface area contributed by atoms with Crippen LogP contribution in [-0.4, -0.2) is 29.7 Å². The first-order valence-electron chi connectivity index (χ1n) is 4.13. The Kier molecular flexibility index (Phi) is 5.62. The van der Waals surface area contributed by atoms with Crippen molar-refractivity contribution in [2.24, 2.45) is 27.2 Å². The summed E-state index contributed by atoms with van der Waals surface area (Å²) in [6, 6.07) is 0. The van der Waals surface area contributed by atoms with Crippen molar-refractivity contribution >= 4 is 11.9 Å². The number of hydrogen-bond acceptors (Lipinski definition) is 2. The van der Waals surface area contributed by atoms with E-state index >= 15 is 0 Å². The SMILES string of the molecule is CCC(O)CCN=C(N)N=C(N)N. The van der Waals surface area contributed by atoms with Gasteiger partial charge in [0.15, 0.2) is 5.96 Å². The summed E-state index contributed by atoms with van der Waals surface area (Å²) in [6.45, 7) is 2.32. The van der Waals surface area contributed by atoms with E-state index in [4.69, 9.17) is 22.3 Å². The molecule has 0 amide bonds. The highest BCUT2D eigenvalue weighted by Crippen LogP contribution is 1.96. The second-order valence-corrected chi connectivity index (χ2v) is 2.63. The molecule has 0 aromatic rings. The summed E-state index contributed by atoms with van der Waals surface area (Å²) in [5, 5.41) is 9.16. The van der Waals surface area contributed by atoms with Crippen LogP contribution >= 0.6 is 0 Å². The van der Waals surface area contributed by atoms with Gasteiger partial charge < -0.3 is 22.3 Å². The number of nitrogens with zero attached hydrogens (tertiary/aromatic N) is 2. The fraction of sp³-hybridized carbons (Fsp3) is 0.714. The van der Waals surface area contributed by atoms with E-state index in [0.717, 1.165) is 0 Å². The van der Waals surface area contributed by atoms with Crippen LogP contribution in [0.5, 0.6) is 0 Å². The predicted molar refractivity (Wildman–Crippen MR) is 53.2 cm³/mol. The van der Waals surface area contributed by atoms with Gasteiger partial charge in [0, 0.05) is 6.54 Å². The van der Waals surface area contributed by atoms with Crippen molar-refractivity contribution in [1.29, 1.82) is 0 Å². The van der Waals surface area contributed by atoms with Crippen LogP contribution < -0.4 is 17.2 Å². The summed E-state index contributed by atoms with van der Waals surface area (Å²) in [5.41, 5.74) is 15.5. The molecule has 7 N–H and O–H groups in total. The summed E-state index contributed by atoms with van der Waals surface area (Å²) < 4.78 is 0. The summed E-state index contributed by atoms with van der Waals surface area (Å²) in [5.74, 6) is -0.0689. The van der Waals surface area contributed by atoms with Gasteiger partial charge in [0.05, 0.1) is 6.10 Å². The highest BCUT2D eigenvalue weighted by atomic mass is 16.3. The van der Waals surface area contributed by atoms with E-state index in [1.165, 1.54) is 0 Å². The second kappa shape index (κ2) is 6.24. The molecule has 0 aromatic carbocycles. The van der Waals surface area contributed by atoms with E-state index in [9.17, 15) is 0 Å². The topological polar surface area (TPSA) is 123 Å². The molecule has 76 valence electrons. The van der Waals surface area contributed by atoms with Crippen LogP contribution in [0.25, 0.3) is 0 Å². The van der Waals surface area contributed by atoms with Gasteiger partial charge in [0.2, 0.25) is 5.96 Å². The van der Waals surface area contributed by atoms with Crippen molar-refractivity contribution in [2.75, 3.05) is 6.54 Å². The predicted octanol–water partition coefficient (Wildman–Crippen LogP) is -1.26. The van der Waals surface area contributed by atoms with Gasteiger partial charge >= 0.3 is 0 Å². The van der Waals surface area contributed by atoms with Crippen LogP contribution in [0.4, 0.5) is 0 Å². The largest absolute Gasteiger partial charge is 0.393 e. The quantitative estimate of drug-likeness (QED) is 0.324. The van der Waals surface area contributed by atoms with Crippen molar-refractivity contribution < 1.29 is 5.11 Å². The van der Waals surface area contributed by atoms with Crippen LogP contribution in [0.1, 0.15) is 19.8 Å². The second-order valence-electron chi connectivity index (χ2n) is 2.63. The van der Waals surface area contributed by atoms with E-state index in [1.807, 2.05) is 6.92 Å². The molecule has 0 aromatic heterocycles. The normalized spacial score (nSPS) is 13.8. The van der Waals surface area contributed by atoms with Crippen LogP contribution in [-0.2, 0) is 0 Å². The molecule has 0 fully saturated rings. The fourth-order valence-electron chi connectivity index (χ4n) is 0.700. The summed E-state index contributed by atoms with van der Waals surface area (Å²) in [6.07, 6.45) is 0.935. The lowest BCUT2D eigenvalue weighted by Crippen LogP contribution is -2.26. The molecule has 0 aliphatic heterocycles. The van der Waals surface area contributed by atoms with Crippen LogP contribution in [0.2, 0.25) is 0 Å². The monoisotopic (exact) mass is 187 g/mol. The lowest BCUT2D eigenvalue weighted by Gasteiger charge is -2.03. The Bertz CT molecular complexity index is 197. The first-order valence-corrected chi connectivity index (χ1v) is 4.13. The van der Waals surface area contributed by atoms with Gasteiger partial charge in [-0.3, -0.25) is 4.99 Å². The molecule has 0 aliphatic carbocycles. The number of aliphatic hydroxyl groups is 1. The van der Waals surface area contributed by atoms with Gasteiger partial charge in [0.25, 0.3) is 0 Å². The summed E-state index contributed by atoms with van der Waals surface area (Å²) >= 11 is 0. The molecule has 0 heterocycles. The first-order chi connectivity index (χ1) is 6.06. The Labute approximate surface area is 77.5 Å². The number of guanidine groups is 2. The zero-order chi connectivity index (χ0) is 10.3. The zero-order valence-electron chi connectivity index (χ0n) is 7.77. The Morgan fingerprint density at radius 1 is 1.38 bits per heavy atom. The van der Waals surface area contributed by atoms with Gasteiger partial charge in [-0.05, 0) is 12.8 Å². The molecule has 0 saturated heterocycles. The minimum absolute atomic E-state index is 0.0447. The van der Waals surface area contributed by atoms with Crippen LogP contribution in [0.15, 0.2) is 9.98 Å². The third-order valence-corrected chi connectivity index (χ3v) is 1.45. The third-order valence-electron chi connectivity index (χ3n) is 1.45. The molecule has 0 aliphatic rings. The number of aliphatic hydroxyl groups excluding tert-OH is 1. The molecule has 1 unspecified atom stereocenters. The van der Waals surface area contributed by atoms with E-state index in [2.05, 4.69) is 9.98 Å². The minimum atomic E-state index is -0.337. The molecule has 6 nitrogen and oxygen atoms in total. The van der Waals surface area contributed by atoms with Crippen LogP contribution in [0, 0.1) is 0 Å². The van der Waals surface area contributed by atoms with Crippen molar-refractivity contribution in [1.82, 2.24) is 0 Å². The molecule has 6 heteroatoms. The standard InChI is InChI=1S/C7H17N5O/c1-2-5(13)3-4-11-7(10)12-6(8)9/h5,13H,2-4H2,1H3,(H6,8,9,10,11,12). The molecule has 1 atom stereocenters. The number of hydrogen-bond donors (Lipinski definition) is 4. The molecule has 0 radical (unpaired) electrons. The van der Waals surface area contributed by atoms with Gasteiger partial charge in [-0.25, -0.2) is 0 Å². The maximum atomic E-state index is 9.16. The molecule has 13 heavy (non-hydrogen) atoms. The van der Waals surface area contributed by atoms with Crippen molar-refractivity contribution in [3.63, 3.8) is 0 Å². The molecule has 0 spiro atoms. The Hall–Kier alpha value is -1.30. The smallest absolute Gasteiger partial charge is 0.218 e. The number of rotatable bonds is 4. The summed E-state index contributed by atoms with van der Waals surface area (Å²) in [4.78, 5) is 7.36. The van der Waals surface area contributed by atoms with E-state index in [-0.39, 0.29) is 18.0 Å². The average molecular weight is 187 g/mol. The molecular weight excluding hydrogens is 170 g/mol. The molecule has 0 rings (SSSR count). The molecule has 0 bridgehead atoms. The highest BCUT2D eigenvalue weighted by molar-refractivity contribution is 5.92. The summed E-state index contributed by atoms with van der Waals surface area (Å²) in [7, 11) is 0. The average Bonchev–Trinajstić information content (AvgIpc) is 2.02. The van der Waals surface area contributed by atoms with Gasteiger partial charge in [-0.15, -0.1) is 0 Å². The lowest BCUT2D eigenvalue weighted by molar-refractivity contribution is 0.163. The number of aliphatic imine (C=N–C) groups is 2. The van der Waals surface area contributed by atoms with E-state index < -0.39 is 0 Å². The van der Waals surface area contributed by atoms with Gasteiger partial charge in [-0.1, -0.05) is 6.92 Å². The lowest BCUT2D eigenvalue weighted by atomic mass is 10.2. The van der Waals surface area contributed by atoms with Crippen molar-refractivity contribution in [2.45, 2.75) is 25.9 Å². The van der Waals surface area contributed by atoms with E-state index in [1.54, 1.807) is 0 Å². The van der Waals surface area contributed by atoms with Crippen molar-refractivity contribution in [3.05, 3.63) is 0 Å². The van der Waals surface area contributed by atoms with Crippen molar-refractivity contribution in [3.8, 4) is 0 Å². The highest BCUT2D eigenvalue weighted by Gasteiger charge is 1.98. The maximum absolute atomic E-state index is 9.16. The maximum Gasteiger partial charge on any atom is 0.218 e. The molecule has 0 saturated carbocycles. The Morgan fingerprint density at radius 3 is 2.46 bits per heavy atom. The number of nitrogens with two attached hydrogens (primary N) is 3. The minimum Gasteiger partial charge on any atom is -0.393 e. The first kappa shape index (κ1) is 11.7.